The predicted molar refractivity (Wildman–Crippen MR) is 71.9 cm³/mol. The maximum atomic E-state index is 5.35. The first-order valence-electron chi connectivity index (χ1n) is 6.46. The number of hydrogen-bond donors (Lipinski definition) is 1. The number of aryl methyl sites for hydroxylation is 2. The molecule has 0 spiro atoms. The molecule has 1 aromatic rings. The number of nitrogens with zero attached hydrogens (tertiary/aromatic N) is 2. The van der Waals surface area contributed by atoms with Crippen LogP contribution < -0.4 is 10.1 Å². The van der Waals surface area contributed by atoms with Crippen LogP contribution in [0.2, 0.25) is 0 Å². The smallest absolute Gasteiger partial charge is 0.216 e. The zero-order chi connectivity index (χ0) is 13.4. The lowest BCUT2D eigenvalue weighted by atomic mass is 10.2. The van der Waals surface area contributed by atoms with E-state index in [9.17, 15) is 0 Å². The molecule has 1 rings (SSSR count). The normalized spacial score (nSPS) is 10.9. The Morgan fingerprint density at radius 1 is 1.22 bits per heavy atom. The van der Waals surface area contributed by atoms with E-state index in [4.69, 9.17) is 9.47 Å². The zero-order valence-corrected chi connectivity index (χ0v) is 12.0. The molecule has 0 aliphatic rings. The van der Waals surface area contributed by atoms with Crippen molar-refractivity contribution >= 4 is 0 Å². The summed E-state index contributed by atoms with van der Waals surface area (Å²) in [6.07, 6.45) is 3.50. The Labute approximate surface area is 109 Å². The summed E-state index contributed by atoms with van der Waals surface area (Å²) in [6, 6.07) is 0. The van der Waals surface area contributed by atoms with E-state index in [2.05, 4.69) is 10.4 Å². The van der Waals surface area contributed by atoms with Gasteiger partial charge in [0.15, 0.2) is 0 Å². The molecule has 1 aromatic heterocycles. The highest BCUT2D eigenvalue weighted by molar-refractivity contribution is 5.30. The quantitative estimate of drug-likeness (QED) is 0.682. The Hall–Kier alpha value is -1.07. The average Bonchev–Trinajstić information content (AvgIpc) is 2.62. The van der Waals surface area contributed by atoms with E-state index in [1.54, 1.807) is 18.9 Å². The van der Waals surface area contributed by atoms with Crippen molar-refractivity contribution in [3.63, 3.8) is 0 Å². The van der Waals surface area contributed by atoms with E-state index < -0.39 is 0 Å². The second-order valence-electron chi connectivity index (χ2n) is 4.43. The molecular formula is C13H25N3O2. The Balaban J connectivity index is 2.27. The molecule has 0 bridgehead atoms. The highest BCUT2D eigenvalue weighted by Crippen LogP contribution is 2.20. The summed E-state index contributed by atoms with van der Waals surface area (Å²) in [7, 11) is 5.33. The highest BCUT2D eigenvalue weighted by Gasteiger charge is 2.12. The molecule has 0 aliphatic heterocycles. The largest absolute Gasteiger partial charge is 0.481 e. The lowest BCUT2D eigenvalue weighted by molar-refractivity contribution is 0.192. The maximum absolute atomic E-state index is 5.35. The van der Waals surface area contributed by atoms with Crippen molar-refractivity contribution in [3.8, 4) is 5.88 Å². The summed E-state index contributed by atoms with van der Waals surface area (Å²) in [4.78, 5) is 0. The molecule has 0 atom stereocenters. The van der Waals surface area contributed by atoms with Crippen LogP contribution in [0, 0.1) is 6.92 Å². The van der Waals surface area contributed by atoms with Gasteiger partial charge in [0.25, 0.3) is 0 Å². The summed E-state index contributed by atoms with van der Waals surface area (Å²) in [5.41, 5.74) is 2.18. The molecule has 0 fully saturated rings. The molecule has 0 saturated heterocycles. The molecule has 1 heterocycles. The summed E-state index contributed by atoms with van der Waals surface area (Å²) < 4.78 is 12.2. The van der Waals surface area contributed by atoms with Gasteiger partial charge in [-0.1, -0.05) is 0 Å². The third-order valence-electron chi connectivity index (χ3n) is 2.99. The van der Waals surface area contributed by atoms with Gasteiger partial charge in [0.1, 0.15) is 0 Å². The fraction of sp³-hybridized carbons (Fsp3) is 0.769. The van der Waals surface area contributed by atoms with Crippen molar-refractivity contribution in [2.24, 2.45) is 7.05 Å². The first-order valence-corrected chi connectivity index (χ1v) is 6.46. The fourth-order valence-corrected chi connectivity index (χ4v) is 2.03. The van der Waals surface area contributed by atoms with E-state index in [1.165, 1.54) is 12.8 Å². The van der Waals surface area contributed by atoms with Gasteiger partial charge in [0, 0.05) is 27.3 Å². The number of rotatable bonds is 9. The van der Waals surface area contributed by atoms with Gasteiger partial charge in [0.2, 0.25) is 5.88 Å². The Morgan fingerprint density at radius 2 is 2.00 bits per heavy atom. The van der Waals surface area contributed by atoms with Crippen LogP contribution in [0.3, 0.4) is 0 Å². The van der Waals surface area contributed by atoms with Gasteiger partial charge in [-0.15, -0.1) is 0 Å². The van der Waals surface area contributed by atoms with Crippen LogP contribution in [0.25, 0.3) is 0 Å². The highest BCUT2D eigenvalue weighted by atomic mass is 16.5. The third kappa shape index (κ3) is 4.31. The topological polar surface area (TPSA) is 48.3 Å². The fourth-order valence-electron chi connectivity index (χ4n) is 2.03. The number of ether oxygens (including phenoxy) is 2. The first-order chi connectivity index (χ1) is 8.70. The first kappa shape index (κ1) is 15.0. The molecule has 1 N–H and O–H groups in total. The predicted octanol–water partition coefficient (Wildman–Crippen LogP) is 1.64. The van der Waals surface area contributed by atoms with Gasteiger partial charge in [-0.25, -0.2) is 4.68 Å². The van der Waals surface area contributed by atoms with E-state index in [0.717, 1.165) is 43.3 Å². The third-order valence-corrected chi connectivity index (χ3v) is 2.99. The minimum Gasteiger partial charge on any atom is -0.481 e. The zero-order valence-electron chi connectivity index (χ0n) is 12.0. The van der Waals surface area contributed by atoms with Gasteiger partial charge in [-0.2, -0.15) is 5.10 Å². The van der Waals surface area contributed by atoms with Crippen LogP contribution in [-0.4, -0.2) is 37.2 Å². The van der Waals surface area contributed by atoms with E-state index in [0.29, 0.717) is 0 Å². The van der Waals surface area contributed by atoms with Gasteiger partial charge >= 0.3 is 0 Å². The number of hydrogen-bond acceptors (Lipinski definition) is 4. The minimum absolute atomic E-state index is 0.813. The van der Waals surface area contributed by atoms with E-state index in [-0.39, 0.29) is 0 Å². The monoisotopic (exact) mass is 255 g/mol. The standard InChI is InChI=1S/C13H25N3O2/c1-11-12(13(18-4)16(2)15-11)10-14-8-6-5-7-9-17-3/h14H,5-10H2,1-4H3. The van der Waals surface area contributed by atoms with Crippen LogP contribution in [0.1, 0.15) is 30.5 Å². The van der Waals surface area contributed by atoms with Crippen LogP contribution in [-0.2, 0) is 18.3 Å². The minimum atomic E-state index is 0.813. The second kappa shape index (κ2) is 8.11. The Kier molecular flexibility index (Phi) is 6.75. The maximum Gasteiger partial charge on any atom is 0.216 e. The molecule has 0 aromatic carbocycles. The lowest BCUT2D eigenvalue weighted by Crippen LogP contribution is -2.15. The molecule has 0 aliphatic carbocycles. The molecule has 0 amide bonds. The van der Waals surface area contributed by atoms with Crippen molar-refractivity contribution in [2.75, 3.05) is 27.4 Å². The van der Waals surface area contributed by atoms with Gasteiger partial charge < -0.3 is 14.8 Å². The molecule has 0 unspecified atom stereocenters. The molecular weight excluding hydrogens is 230 g/mol. The Bertz CT molecular complexity index is 350. The average molecular weight is 255 g/mol. The second-order valence-corrected chi connectivity index (χ2v) is 4.43. The van der Waals surface area contributed by atoms with Crippen molar-refractivity contribution in [1.82, 2.24) is 15.1 Å². The van der Waals surface area contributed by atoms with Crippen LogP contribution in [0.4, 0.5) is 0 Å². The molecule has 5 heteroatoms. The lowest BCUT2D eigenvalue weighted by Gasteiger charge is -2.07. The van der Waals surface area contributed by atoms with E-state index in [1.807, 2.05) is 14.0 Å². The molecule has 5 nitrogen and oxygen atoms in total. The van der Waals surface area contributed by atoms with Crippen LogP contribution >= 0.6 is 0 Å². The molecule has 104 valence electrons. The van der Waals surface area contributed by atoms with Gasteiger partial charge in [0.05, 0.1) is 18.4 Å². The number of methoxy groups -OCH3 is 2. The van der Waals surface area contributed by atoms with Gasteiger partial charge in [-0.05, 0) is 32.7 Å². The van der Waals surface area contributed by atoms with Crippen LogP contribution in [0.15, 0.2) is 0 Å². The number of unbranched alkanes of at least 4 members (excludes halogenated alkanes) is 2. The van der Waals surface area contributed by atoms with Crippen molar-refractivity contribution < 1.29 is 9.47 Å². The summed E-state index contributed by atoms with van der Waals surface area (Å²) in [5, 5.41) is 7.79. The summed E-state index contributed by atoms with van der Waals surface area (Å²) in [6.45, 7) is 4.70. The molecule has 0 radical (unpaired) electrons. The summed E-state index contributed by atoms with van der Waals surface area (Å²) in [5.74, 6) is 0.847. The van der Waals surface area contributed by atoms with Crippen molar-refractivity contribution in [2.45, 2.75) is 32.7 Å². The van der Waals surface area contributed by atoms with Crippen LogP contribution in [0.5, 0.6) is 5.88 Å². The number of nitrogens with one attached hydrogen (secondary N) is 1. The van der Waals surface area contributed by atoms with E-state index >= 15 is 0 Å². The number of aromatic nitrogens is 2. The summed E-state index contributed by atoms with van der Waals surface area (Å²) >= 11 is 0. The molecule has 0 saturated carbocycles. The van der Waals surface area contributed by atoms with Crippen molar-refractivity contribution in [1.29, 1.82) is 0 Å². The molecule has 18 heavy (non-hydrogen) atoms. The van der Waals surface area contributed by atoms with Crippen molar-refractivity contribution in [3.05, 3.63) is 11.3 Å². The SMILES string of the molecule is COCCCCCNCc1c(C)nn(C)c1OC. The Morgan fingerprint density at radius 3 is 2.67 bits per heavy atom. The van der Waals surface area contributed by atoms with Gasteiger partial charge in [-0.3, -0.25) is 0 Å².